The summed E-state index contributed by atoms with van der Waals surface area (Å²) >= 11 is 0. The van der Waals surface area contributed by atoms with Crippen molar-refractivity contribution >= 4 is 18.0 Å². The molecule has 98 valence electrons. The van der Waals surface area contributed by atoms with Gasteiger partial charge in [0, 0.05) is 23.6 Å². The summed E-state index contributed by atoms with van der Waals surface area (Å²) in [6.45, 7) is 0.889. The first kappa shape index (κ1) is 13.7. The predicted molar refractivity (Wildman–Crippen MR) is 75.5 cm³/mol. The molecule has 0 saturated heterocycles. The number of nitriles is 1. The van der Waals surface area contributed by atoms with Crippen molar-refractivity contribution in [2.75, 3.05) is 0 Å². The second-order valence-corrected chi connectivity index (χ2v) is 4.69. The summed E-state index contributed by atoms with van der Waals surface area (Å²) < 4.78 is 2.14. The van der Waals surface area contributed by atoms with Crippen molar-refractivity contribution in [1.29, 1.82) is 5.26 Å². The Morgan fingerprint density at radius 2 is 2.00 bits per heavy atom. The summed E-state index contributed by atoms with van der Waals surface area (Å²) in [5, 5.41) is 27.5. The highest BCUT2D eigenvalue weighted by Gasteiger charge is 2.06. The van der Waals surface area contributed by atoms with Crippen molar-refractivity contribution < 1.29 is 10.0 Å². The summed E-state index contributed by atoms with van der Waals surface area (Å²) in [5.74, 6) is 0. The predicted octanol–water partition coefficient (Wildman–Crippen LogP) is 2.16. The van der Waals surface area contributed by atoms with Gasteiger partial charge in [0.15, 0.2) is 0 Å². The third-order valence-electron chi connectivity index (χ3n) is 3.30. The molecule has 0 aliphatic carbocycles. The molecule has 0 amide bonds. The second-order valence-electron chi connectivity index (χ2n) is 4.69. The zero-order valence-corrected chi connectivity index (χ0v) is 10.8. The molecule has 5 heteroatoms. The van der Waals surface area contributed by atoms with Crippen molar-refractivity contribution in [3.05, 3.63) is 36.0 Å². The van der Waals surface area contributed by atoms with E-state index in [-0.39, 0.29) is 0 Å². The van der Waals surface area contributed by atoms with Gasteiger partial charge in [0.2, 0.25) is 0 Å². The number of hydrogen-bond donors (Lipinski definition) is 2. The molecule has 2 rings (SSSR count). The summed E-state index contributed by atoms with van der Waals surface area (Å²) in [6, 6.07) is 9.93. The Morgan fingerprint density at radius 1 is 1.16 bits per heavy atom. The lowest BCUT2D eigenvalue weighted by molar-refractivity contribution is 0.401. The number of aromatic nitrogens is 1. The number of benzene rings is 1. The van der Waals surface area contributed by atoms with Gasteiger partial charge in [-0.15, -0.1) is 0 Å². The highest BCUT2D eigenvalue weighted by Crippen LogP contribution is 2.20. The van der Waals surface area contributed by atoms with Crippen LogP contribution in [0.15, 0.2) is 30.5 Å². The zero-order chi connectivity index (χ0) is 13.7. The molecule has 0 atom stereocenters. The molecule has 0 unspecified atom stereocenters. The van der Waals surface area contributed by atoms with Crippen molar-refractivity contribution in [2.24, 2.45) is 0 Å². The van der Waals surface area contributed by atoms with Gasteiger partial charge in [0.05, 0.1) is 11.6 Å². The fourth-order valence-electron chi connectivity index (χ4n) is 2.30. The number of aryl methyl sites for hydroxylation is 1. The van der Waals surface area contributed by atoms with Crippen LogP contribution in [0.2, 0.25) is 6.32 Å². The van der Waals surface area contributed by atoms with Crippen LogP contribution >= 0.6 is 0 Å². The van der Waals surface area contributed by atoms with Crippen LogP contribution in [0.1, 0.15) is 24.8 Å². The first-order valence-electron chi connectivity index (χ1n) is 6.56. The van der Waals surface area contributed by atoms with E-state index in [4.69, 9.17) is 15.3 Å². The summed E-state index contributed by atoms with van der Waals surface area (Å²) in [7, 11) is -1.19. The van der Waals surface area contributed by atoms with Gasteiger partial charge in [-0.1, -0.05) is 18.9 Å². The fraction of sp³-hybridized carbons (Fsp3) is 0.357. The molecule has 19 heavy (non-hydrogen) atoms. The smallest absolute Gasteiger partial charge is 0.427 e. The lowest BCUT2D eigenvalue weighted by atomic mass is 9.83. The maximum Gasteiger partial charge on any atom is 0.451 e. The lowest BCUT2D eigenvalue weighted by Crippen LogP contribution is -2.09. The fourth-order valence-corrected chi connectivity index (χ4v) is 2.30. The second kappa shape index (κ2) is 6.42. The monoisotopic (exact) mass is 256 g/mol. The van der Waals surface area contributed by atoms with Gasteiger partial charge >= 0.3 is 7.12 Å². The molecule has 2 N–H and O–H groups in total. The van der Waals surface area contributed by atoms with E-state index in [0.29, 0.717) is 11.9 Å². The van der Waals surface area contributed by atoms with Gasteiger partial charge in [0.25, 0.3) is 0 Å². The first-order chi connectivity index (χ1) is 9.22. The minimum Gasteiger partial charge on any atom is -0.427 e. The van der Waals surface area contributed by atoms with Crippen LogP contribution in [0.5, 0.6) is 0 Å². The average Bonchev–Trinajstić information content (AvgIpc) is 2.81. The molecule has 0 radical (unpaired) electrons. The van der Waals surface area contributed by atoms with Crippen molar-refractivity contribution in [2.45, 2.75) is 32.1 Å². The molecule has 1 aromatic carbocycles. The topological polar surface area (TPSA) is 69.2 Å². The van der Waals surface area contributed by atoms with E-state index in [1.807, 2.05) is 30.5 Å². The Hall–Kier alpha value is -1.77. The van der Waals surface area contributed by atoms with Crippen LogP contribution in [0.25, 0.3) is 10.9 Å². The van der Waals surface area contributed by atoms with E-state index in [9.17, 15) is 0 Å². The van der Waals surface area contributed by atoms with Crippen LogP contribution < -0.4 is 0 Å². The van der Waals surface area contributed by atoms with Crippen LogP contribution in [0.4, 0.5) is 0 Å². The van der Waals surface area contributed by atoms with E-state index < -0.39 is 7.12 Å². The van der Waals surface area contributed by atoms with Gasteiger partial charge in [-0.05, 0) is 30.9 Å². The quantitative estimate of drug-likeness (QED) is 0.614. The first-order valence-corrected chi connectivity index (χ1v) is 6.56. The lowest BCUT2D eigenvalue weighted by Gasteiger charge is -2.05. The molecule has 2 aromatic rings. The summed E-state index contributed by atoms with van der Waals surface area (Å²) in [4.78, 5) is 0. The van der Waals surface area contributed by atoms with E-state index in [1.54, 1.807) is 0 Å². The third-order valence-corrected chi connectivity index (χ3v) is 3.30. The van der Waals surface area contributed by atoms with Gasteiger partial charge in [-0.25, -0.2) is 0 Å². The molecule has 0 spiro atoms. The molecule has 0 bridgehead atoms. The maximum absolute atomic E-state index is 9.04. The molecular weight excluding hydrogens is 239 g/mol. The van der Waals surface area contributed by atoms with Gasteiger partial charge in [-0.3, -0.25) is 0 Å². The largest absolute Gasteiger partial charge is 0.451 e. The van der Waals surface area contributed by atoms with E-state index in [1.165, 1.54) is 0 Å². The Labute approximate surface area is 113 Å². The normalized spacial score (nSPS) is 10.6. The Morgan fingerprint density at radius 3 is 2.74 bits per heavy atom. The summed E-state index contributed by atoms with van der Waals surface area (Å²) in [6.07, 6.45) is 5.22. The van der Waals surface area contributed by atoms with Crippen molar-refractivity contribution in [3.8, 4) is 6.07 Å². The molecule has 1 heterocycles. The number of fused-ring (bicyclic) bond motifs is 1. The number of hydrogen-bond acceptors (Lipinski definition) is 3. The highest BCUT2D eigenvalue weighted by atomic mass is 16.4. The van der Waals surface area contributed by atoms with Gasteiger partial charge in [-0.2, -0.15) is 5.26 Å². The highest BCUT2D eigenvalue weighted by molar-refractivity contribution is 6.40. The minimum absolute atomic E-state index is 0.436. The Bertz CT molecular complexity index is 587. The van der Waals surface area contributed by atoms with Gasteiger partial charge < -0.3 is 14.6 Å². The average molecular weight is 256 g/mol. The van der Waals surface area contributed by atoms with Crippen LogP contribution in [-0.4, -0.2) is 21.7 Å². The molecular formula is C14H17BN2O2. The molecule has 4 nitrogen and oxygen atoms in total. The Balaban J connectivity index is 1.97. The van der Waals surface area contributed by atoms with Crippen LogP contribution in [0.3, 0.4) is 0 Å². The molecule has 1 aromatic heterocycles. The molecule has 0 aliphatic heterocycles. The van der Waals surface area contributed by atoms with Crippen molar-refractivity contribution in [1.82, 2.24) is 4.57 Å². The molecule has 0 saturated carbocycles. The maximum atomic E-state index is 9.04. The minimum atomic E-state index is -1.19. The van der Waals surface area contributed by atoms with Crippen molar-refractivity contribution in [3.63, 3.8) is 0 Å². The van der Waals surface area contributed by atoms with Crippen LogP contribution in [-0.2, 0) is 6.54 Å². The van der Waals surface area contributed by atoms with E-state index >= 15 is 0 Å². The SMILES string of the molecule is N#Cc1cccc2c1ccn2CCCCCB(O)O. The number of unbranched alkanes of at least 4 members (excludes halogenated alkanes) is 2. The number of rotatable bonds is 6. The standard InChI is InChI=1S/C14H17BN2O2/c16-11-12-5-4-6-14-13(12)7-10-17(14)9-3-1-2-8-15(18)19/h4-7,10,18-19H,1-3,8-9H2. The third kappa shape index (κ3) is 3.37. The number of nitrogens with zero attached hydrogens (tertiary/aromatic N) is 2. The van der Waals surface area contributed by atoms with E-state index in [0.717, 1.165) is 36.7 Å². The zero-order valence-electron chi connectivity index (χ0n) is 10.8. The molecule has 0 aliphatic rings. The Kier molecular flexibility index (Phi) is 4.61. The van der Waals surface area contributed by atoms with Gasteiger partial charge in [0.1, 0.15) is 0 Å². The molecule has 0 fully saturated rings. The van der Waals surface area contributed by atoms with Crippen LogP contribution in [0, 0.1) is 11.3 Å². The summed E-state index contributed by atoms with van der Waals surface area (Å²) in [5.41, 5.74) is 1.79. The van der Waals surface area contributed by atoms with E-state index in [2.05, 4.69) is 10.6 Å².